The van der Waals surface area contributed by atoms with E-state index in [1.165, 1.54) is 13.2 Å². The fourth-order valence-corrected chi connectivity index (χ4v) is 2.10. The van der Waals surface area contributed by atoms with Crippen molar-refractivity contribution in [3.8, 4) is 0 Å². The lowest BCUT2D eigenvalue weighted by Gasteiger charge is -2.07. The summed E-state index contributed by atoms with van der Waals surface area (Å²) in [6.45, 7) is 4.56. The van der Waals surface area contributed by atoms with Gasteiger partial charge in [0.2, 0.25) is 0 Å². The maximum Gasteiger partial charge on any atom is 0.338 e. The summed E-state index contributed by atoms with van der Waals surface area (Å²) in [4.78, 5) is 23.4. The minimum Gasteiger partial charge on any atom is -0.465 e. The Hall–Kier alpha value is -2.63. The molecule has 0 spiro atoms. The molecule has 2 aromatic rings. The summed E-state index contributed by atoms with van der Waals surface area (Å²) in [6, 6.07) is 8.21. The molecule has 0 aliphatic heterocycles. The number of hydrogen-bond donors (Lipinski definition) is 0. The molecule has 0 bridgehead atoms. The molecule has 0 N–H and O–H groups in total. The van der Waals surface area contributed by atoms with Gasteiger partial charge in [-0.05, 0) is 38.1 Å². The van der Waals surface area contributed by atoms with Crippen LogP contribution in [0, 0.1) is 13.8 Å². The predicted octanol–water partition coefficient (Wildman–Crippen LogP) is 2.14. The SMILES string of the molecule is COC(=O)c1cccc(C(=O)OCCn2nc(C)cc2C)c1. The Morgan fingerprint density at radius 1 is 1.14 bits per heavy atom. The monoisotopic (exact) mass is 302 g/mol. The second-order valence-electron chi connectivity index (χ2n) is 4.86. The second kappa shape index (κ2) is 6.89. The number of benzene rings is 1. The highest BCUT2D eigenvalue weighted by Gasteiger charge is 2.12. The molecule has 1 aromatic carbocycles. The molecule has 0 atom stereocenters. The van der Waals surface area contributed by atoms with Gasteiger partial charge in [0.1, 0.15) is 6.61 Å². The Morgan fingerprint density at radius 2 is 1.82 bits per heavy atom. The molecule has 6 nitrogen and oxygen atoms in total. The van der Waals surface area contributed by atoms with Gasteiger partial charge in [-0.3, -0.25) is 4.68 Å². The summed E-state index contributed by atoms with van der Waals surface area (Å²) in [7, 11) is 1.29. The van der Waals surface area contributed by atoms with Gasteiger partial charge < -0.3 is 9.47 Å². The van der Waals surface area contributed by atoms with Crippen LogP contribution in [0.4, 0.5) is 0 Å². The summed E-state index contributed by atoms with van der Waals surface area (Å²) < 4.78 is 11.6. The quantitative estimate of drug-likeness (QED) is 0.791. The number of esters is 2. The van der Waals surface area contributed by atoms with E-state index in [9.17, 15) is 9.59 Å². The Bertz CT molecular complexity index is 691. The summed E-state index contributed by atoms with van der Waals surface area (Å²) in [5.74, 6) is -0.968. The third kappa shape index (κ3) is 3.72. The van der Waals surface area contributed by atoms with Crippen molar-refractivity contribution in [1.82, 2.24) is 9.78 Å². The average molecular weight is 302 g/mol. The predicted molar refractivity (Wildman–Crippen MR) is 79.8 cm³/mol. The van der Waals surface area contributed by atoms with Crippen LogP contribution in [0.15, 0.2) is 30.3 Å². The molecule has 0 aliphatic rings. The number of hydrogen-bond acceptors (Lipinski definition) is 5. The summed E-state index contributed by atoms with van der Waals surface area (Å²) in [5, 5.41) is 4.29. The van der Waals surface area contributed by atoms with Crippen molar-refractivity contribution < 1.29 is 19.1 Å². The van der Waals surface area contributed by atoms with Crippen LogP contribution in [0.2, 0.25) is 0 Å². The van der Waals surface area contributed by atoms with Gasteiger partial charge in [0.05, 0.1) is 30.5 Å². The van der Waals surface area contributed by atoms with Crippen molar-refractivity contribution in [3.63, 3.8) is 0 Å². The van der Waals surface area contributed by atoms with Gasteiger partial charge in [0.25, 0.3) is 0 Å². The van der Waals surface area contributed by atoms with E-state index in [0.717, 1.165) is 11.4 Å². The maximum atomic E-state index is 12.0. The lowest BCUT2D eigenvalue weighted by molar-refractivity contribution is 0.0487. The van der Waals surface area contributed by atoms with Crippen LogP contribution >= 0.6 is 0 Å². The Labute approximate surface area is 128 Å². The van der Waals surface area contributed by atoms with E-state index in [4.69, 9.17) is 4.74 Å². The maximum absolute atomic E-state index is 12.0. The first-order valence-corrected chi connectivity index (χ1v) is 6.88. The molecule has 1 aromatic heterocycles. The fraction of sp³-hybridized carbons (Fsp3) is 0.312. The number of rotatable bonds is 5. The molecule has 0 saturated carbocycles. The van der Waals surface area contributed by atoms with Gasteiger partial charge >= 0.3 is 11.9 Å². The zero-order chi connectivity index (χ0) is 16.1. The molecule has 0 fully saturated rings. The second-order valence-corrected chi connectivity index (χ2v) is 4.86. The molecule has 0 amide bonds. The van der Waals surface area contributed by atoms with Crippen LogP contribution in [0.5, 0.6) is 0 Å². The highest BCUT2D eigenvalue weighted by Crippen LogP contribution is 2.08. The first-order chi connectivity index (χ1) is 10.5. The first kappa shape index (κ1) is 15.8. The summed E-state index contributed by atoms with van der Waals surface area (Å²) in [6.07, 6.45) is 0. The van der Waals surface area contributed by atoms with Crippen LogP contribution < -0.4 is 0 Å². The molecule has 0 radical (unpaired) electrons. The lowest BCUT2D eigenvalue weighted by Crippen LogP contribution is -2.14. The van der Waals surface area contributed by atoms with Crippen molar-refractivity contribution in [2.24, 2.45) is 0 Å². The zero-order valence-corrected chi connectivity index (χ0v) is 12.8. The van der Waals surface area contributed by atoms with Crippen LogP contribution in [-0.4, -0.2) is 35.4 Å². The third-order valence-electron chi connectivity index (χ3n) is 3.16. The van der Waals surface area contributed by atoms with Crippen LogP contribution in [0.25, 0.3) is 0 Å². The standard InChI is InChI=1S/C16H18N2O4/c1-11-9-12(2)18(17-11)7-8-22-16(20)14-6-4-5-13(10-14)15(19)21-3/h4-6,9-10H,7-8H2,1-3H3. The Kier molecular flexibility index (Phi) is 4.93. The smallest absolute Gasteiger partial charge is 0.338 e. The Morgan fingerprint density at radius 3 is 2.41 bits per heavy atom. The summed E-state index contributed by atoms with van der Waals surface area (Å²) >= 11 is 0. The van der Waals surface area contributed by atoms with Crippen LogP contribution in [-0.2, 0) is 16.0 Å². The topological polar surface area (TPSA) is 70.4 Å². The number of aromatic nitrogens is 2. The molecule has 116 valence electrons. The highest BCUT2D eigenvalue weighted by atomic mass is 16.5. The van der Waals surface area contributed by atoms with Crippen LogP contribution in [0.3, 0.4) is 0 Å². The third-order valence-corrected chi connectivity index (χ3v) is 3.16. The van der Waals surface area contributed by atoms with E-state index < -0.39 is 11.9 Å². The van der Waals surface area contributed by atoms with Crippen LogP contribution in [0.1, 0.15) is 32.1 Å². The normalized spacial score (nSPS) is 10.3. The van der Waals surface area contributed by atoms with E-state index in [-0.39, 0.29) is 6.61 Å². The van der Waals surface area contributed by atoms with Gasteiger partial charge in [-0.15, -0.1) is 0 Å². The number of aryl methyl sites for hydroxylation is 2. The van der Waals surface area contributed by atoms with E-state index >= 15 is 0 Å². The minimum atomic E-state index is -0.489. The minimum absolute atomic E-state index is 0.212. The van der Waals surface area contributed by atoms with Crippen molar-refractivity contribution in [2.45, 2.75) is 20.4 Å². The number of carbonyl (C=O) groups is 2. The average Bonchev–Trinajstić information content (AvgIpc) is 2.84. The molecule has 0 saturated heterocycles. The number of methoxy groups -OCH3 is 1. The molecule has 0 unspecified atom stereocenters. The molecule has 1 heterocycles. The number of nitrogens with zero attached hydrogens (tertiary/aromatic N) is 2. The summed E-state index contributed by atoms with van der Waals surface area (Å²) in [5.41, 5.74) is 2.57. The highest BCUT2D eigenvalue weighted by molar-refractivity contribution is 5.95. The lowest BCUT2D eigenvalue weighted by atomic mass is 10.1. The van der Waals surface area contributed by atoms with Crippen molar-refractivity contribution in [1.29, 1.82) is 0 Å². The van der Waals surface area contributed by atoms with E-state index in [1.54, 1.807) is 22.9 Å². The molecular formula is C16H18N2O4. The van der Waals surface area contributed by atoms with E-state index in [2.05, 4.69) is 9.84 Å². The molecular weight excluding hydrogens is 284 g/mol. The Balaban J connectivity index is 1.95. The number of ether oxygens (including phenoxy) is 2. The van der Waals surface area contributed by atoms with Gasteiger partial charge in [-0.1, -0.05) is 6.07 Å². The zero-order valence-electron chi connectivity index (χ0n) is 12.8. The molecule has 6 heteroatoms. The number of carbonyl (C=O) groups excluding carboxylic acids is 2. The molecule has 2 rings (SSSR count). The van der Waals surface area contributed by atoms with E-state index in [1.807, 2.05) is 19.9 Å². The fourth-order valence-electron chi connectivity index (χ4n) is 2.10. The van der Waals surface area contributed by atoms with Crippen molar-refractivity contribution in [3.05, 3.63) is 52.8 Å². The van der Waals surface area contributed by atoms with Crippen molar-refractivity contribution in [2.75, 3.05) is 13.7 Å². The van der Waals surface area contributed by atoms with Gasteiger partial charge in [-0.2, -0.15) is 5.10 Å². The van der Waals surface area contributed by atoms with Gasteiger partial charge in [0.15, 0.2) is 0 Å². The molecule has 22 heavy (non-hydrogen) atoms. The molecule has 0 aliphatic carbocycles. The largest absolute Gasteiger partial charge is 0.465 e. The van der Waals surface area contributed by atoms with E-state index in [0.29, 0.717) is 17.7 Å². The van der Waals surface area contributed by atoms with Gasteiger partial charge in [0, 0.05) is 5.69 Å². The first-order valence-electron chi connectivity index (χ1n) is 6.88. The van der Waals surface area contributed by atoms with Crippen molar-refractivity contribution >= 4 is 11.9 Å². The van der Waals surface area contributed by atoms with Gasteiger partial charge in [-0.25, -0.2) is 9.59 Å².